The van der Waals surface area contributed by atoms with Gasteiger partial charge in [-0.05, 0) is 73.6 Å². The lowest BCUT2D eigenvalue weighted by molar-refractivity contribution is 0.750. The van der Waals surface area contributed by atoms with Crippen LogP contribution in [-0.4, -0.2) is 4.98 Å². The van der Waals surface area contributed by atoms with Crippen molar-refractivity contribution in [1.82, 2.24) is 4.98 Å². The van der Waals surface area contributed by atoms with Crippen molar-refractivity contribution in [2.45, 2.75) is 105 Å². The fourth-order valence-electron chi connectivity index (χ4n) is 6.55. The Balaban J connectivity index is 1.78. The minimum atomic E-state index is -0.794. The smallest absolute Gasteiger partial charge is 0.120 e. The lowest BCUT2D eigenvalue weighted by Gasteiger charge is -2.31. The molecule has 0 radical (unpaired) electrons. The highest BCUT2D eigenvalue weighted by atomic mass is 32.1. The molecule has 0 fully saturated rings. The fourth-order valence-corrected chi connectivity index (χ4v) is 9.91. The number of nitrogens with one attached hydrogen (secondary N) is 1. The molecular weight excluding hydrogens is 608 g/mol. The highest BCUT2D eigenvalue weighted by Gasteiger charge is 2.30. The predicted molar refractivity (Wildman–Crippen MR) is 210 cm³/mol. The average molecular weight is 661 g/mol. The Kier molecular flexibility index (Phi) is 11.4. The molecule has 0 spiro atoms. The first kappa shape index (κ1) is 35.1. The van der Waals surface area contributed by atoms with Gasteiger partial charge in [0.15, 0.2) is 0 Å². The third-order valence-corrected chi connectivity index (χ3v) is 12.5. The molecule has 0 bridgehead atoms. The first-order valence-corrected chi connectivity index (χ1v) is 19.6. The summed E-state index contributed by atoms with van der Waals surface area (Å²) in [4.78, 5) is 5.63. The molecule has 1 atom stereocenters. The van der Waals surface area contributed by atoms with Crippen LogP contribution in [0.2, 0.25) is 0 Å². The molecule has 4 heteroatoms. The van der Waals surface area contributed by atoms with Crippen molar-refractivity contribution >= 4 is 41.0 Å². The van der Waals surface area contributed by atoms with Crippen LogP contribution in [0.3, 0.4) is 0 Å². The molecule has 1 N–H and O–H groups in total. The lowest BCUT2D eigenvalue weighted by atomic mass is 9.81. The van der Waals surface area contributed by atoms with E-state index >= 15 is 0 Å². The van der Waals surface area contributed by atoms with E-state index in [9.17, 15) is 0 Å². The molecule has 0 aliphatic carbocycles. The Hall–Kier alpha value is -3.26. The third kappa shape index (κ3) is 7.74. The van der Waals surface area contributed by atoms with Crippen molar-refractivity contribution in [2.75, 3.05) is 5.32 Å². The van der Waals surface area contributed by atoms with E-state index in [4.69, 9.17) is 4.98 Å². The van der Waals surface area contributed by atoms with Gasteiger partial charge >= 0.3 is 0 Å². The molecule has 0 saturated heterocycles. The summed E-state index contributed by atoms with van der Waals surface area (Å²) in [6.45, 7) is 23.3. The molecular formula is C43H53N2PS. The van der Waals surface area contributed by atoms with Crippen molar-refractivity contribution < 1.29 is 0 Å². The zero-order valence-corrected chi connectivity index (χ0v) is 31.7. The van der Waals surface area contributed by atoms with Crippen LogP contribution in [0.4, 0.5) is 5.69 Å². The van der Waals surface area contributed by atoms with Crippen molar-refractivity contribution in [1.29, 1.82) is 0 Å². The first-order chi connectivity index (χ1) is 22.5. The van der Waals surface area contributed by atoms with Crippen LogP contribution in [0.25, 0.3) is 0 Å². The molecule has 47 heavy (non-hydrogen) atoms. The molecule has 4 aromatic carbocycles. The number of thiazole rings is 1. The zero-order chi connectivity index (χ0) is 33.8. The topological polar surface area (TPSA) is 24.9 Å². The van der Waals surface area contributed by atoms with Crippen molar-refractivity contribution in [3.05, 3.63) is 135 Å². The van der Waals surface area contributed by atoms with Crippen LogP contribution >= 0.6 is 19.3 Å². The number of nitrogens with zero attached hydrogens (tertiary/aromatic N) is 1. The van der Waals surface area contributed by atoms with Gasteiger partial charge in [-0.3, -0.25) is 0 Å². The Bertz CT molecular complexity index is 1660. The highest BCUT2D eigenvalue weighted by Crippen LogP contribution is 2.44. The van der Waals surface area contributed by atoms with Gasteiger partial charge < -0.3 is 5.32 Å². The summed E-state index contributed by atoms with van der Waals surface area (Å²) in [5, 5.41) is 10.4. The minimum Gasteiger partial charge on any atom is -0.372 e. The Morgan fingerprint density at radius 1 is 0.553 bits per heavy atom. The standard InChI is InChI=1S/C43H53N2PS/c1-27(2)32-24-37(30(7)8)40(38(25-32)31(9)10)42(45-41-35(28(3)4)22-17-23-36(41)29(5)6)43-44-39(26-47-43)46(33-18-13-11-14-19-33)34-20-15-12-16-21-34/h11-31,42,45H,1-10H3. The third-order valence-electron chi connectivity index (χ3n) is 9.14. The number of hydrogen-bond donors (Lipinski definition) is 1. The maximum Gasteiger partial charge on any atom is 0.120 e. The van der Waals surface area contributed by atoms with Gasteiger partial charge in [0, 0.05) is 19.0 Å². The maximum absolute atomic E-state index is 5.63. The van der Waals surface area contributed by atoms with Gasteiger partial charge in [0.25, 0.3) is 0 Å². The van der Waals surface area contributed by atoms with Crippen LogP contribution in [0.15, 0.2) is 96.4 Å². The number of anilines is 1. The van der Waals surface area contributed by atoms with Gasteiger partial charge in [0.05, 0.1) is 5.44 Å². The van der Waals surface area contributed by atoms with Crippen LogP contribution in [0.5, 0.6) is 0 Å². The molecule has 2 nitrogen and oxygen atoms in total. The summed E-state index contributed by atoms with van der Waals surface area (Å²) in [6.07, 6.45) is 0. The summed E-state index contributed by atoms with van der Waals surface area (Å²) in [5.41, 5.74) is 10.8. The van der Waals surface area contributed by atoms with E-state index in [-0.39, 0.29) is 6.04 Å². The predicted octanol–water partition coefficient (Wildman–Crippen LogP) is 11.7. The Morgan fingerprint density at radius 3 is 1.45 bits per heavy atom. The summed E-state index contributed by atoms with van der Waals surface area (Å²) >= 11 is 1.81. The largest absolute Gasteiger partial charge is 0.372 e. The fraction of sp³-hybridized carbons (Fsp3) is 0.372. The molecule has 1 unspecified atom stereocenters. The Labute approximate surface area is 289 Å². The molecule has 1 heterocycles. The summed E-state index contributed by atoms with van der Waals surface area (Å²) < 4.78 is 0. The zero-order valence-electron chi connectivity index (χ0n) is 30.0. The maximum atomic E-state index is 5.63. The Morgan fingerprint density at radius 2 is 1.02 bits per heavy atom. The molecule has 246 valence electrons. The van der Waals surface area contributed by atoms with E-state index in [1.54, 1.807) is 0 Å². The second-order valence-electron chi connectivity index (χ2n) is 14.3. The summed E-state index contributed by atoms with van der Waals surface area (Å²) in [6, 6.07) is 33.6. The molecule has 0 amide bonds. The lowest BCUT2D eigenvalue weighted by Crippen LogP contribution is -2.23. The number of hydrogen-bond acceptors (Lipinski definition) is 3. The monoisotopic (exact) mass is 660 g/mol. The second kappa shape index (κ2) is 15.3. The molecule has 5 aromatic rings. The SMILES string of the molecule is CC(C)c1cc(C(C)C)c(C(Nc2c(C(C)C)cccc2C(C)C)c2nc(P(c3ccccc3)c3ccccc3)cs2)c(C(C)C)c1. The summed E-state index contributed by atoms with van der Waals surface area (Å²) in [7, 11) is -0.794. The number of aromatic nitrogens is 1. The van der Waals surface area contributed by atoms with E-state index < -0.39 is 7.92 Å². The van der Waals surface area contributed by atoms with Gasteiger partial charge in [0.2, 0.25) is 0 Å². The van der Waals surface area contributed by atoms with Crippen LogP contribution in [-0.2, 0) is 0 Å². The normalized spacial score (nSPS) is 12.7. The molecule has 1 aromatic heterocycles. The number of benzene rings is 4. The van der Waals surface area contributed by atoms with E-state index in [1.165, 1.54) is 55.1 Å². The summed E-state index contributed by atoms with van der Waals surface area (Å²) in [5.74, 6) is 2.00. The van der Waals surface area contributed by atoms with E-state index in [0.717, 1.165) is 5.01 Å². The average Bonchev–Trinajstić information content (AvgIpc) is 3.53. The van der Waals surface area contributed by atoms with Gasteiger partial charge in [-0.15, -0.1) is 11.3 Å². The van der Waals surface area contributed by atoms with Crippen molar-refractivity contribution in [2.24, 2.45) is 0 Å². The first-order valence-electron chi connectivity index (χ1n) is 17.4. The molecule has 5 rings (SSSR count). The number of para-hydroxylation sites is 1. The minimum absolute atomic E-state index is 0.0782. The molecule has 0 saturated carbocycles. The van der Waals surface area contributed by atoms with Gasteiger partial charge in [-0.1, -0.05) is 160 Å². The van der Waals surface area contributed by atoms with Crippen LogP contribution < -0.4 is 21.4 Å². The van der Waals surface area contributed by atoms with Gasteiger partial charge in [-0.2, -0.15) is 0 Å². The second-order valence-corrected chi connectivity index (χ2v) is 17.4. The van der Waals surface area contributed by atoms with E-state index in [2.05, 4.69) is 171 Å². The molecule has 0 aliphatic rings. The van der Waals surface area contributed by atoms with Gasteiger partial charge in [-0.25, -0.2) is 4.98 Å². The highest BCUT2D eigenvalue weighted by molar-refractivity contribution is 7.79. The van der Waals surface area contributed by atoms with Crippen LogP contribution in [0.1, 0.15) is 143 Å². The quantitative estimate of drug-likeness (QED) is 0.135. The van der Waals surface area contributed by atoms with Crippen molar-refractivity contribution in [3.63, 3.8) is 0 Å². The van der Waals surface area contributed by atoms with Crippen LogP contribution in [0, 0.1) is 0 Å². The van der Waals surface area contributed by atoms with E-state index in [0.29, 0.717) is 29.6 Å². The van der Waals surface area contributed by atoms with Crippen molar-refractivity contribution in [3.8, 4) is 0 Å². The molecule has 0 aliphatic heterocycles. The number of rotatable bonds is 12. The van der Waals surface area contributed by atoms with Gasteiger partial charge in [0.1, 0.15) is 11.0 Å². The van der Waals surface area contributed by atoms with E-state index in [1.807, 2.05) is 11.3 Å².